The Hall–Kier alpha value is -3.09. The van der Waals surface area contributed by atoms with Crippen LogP contribution in [0.1, 0.15) is 43.8 Å². The quantitative estimate of drug-likeness (QED) is 0.305. The molecule has 7 heteroatoms. The van der Waals surface area contributed by atoms with Crippen LogP contribution in [0.15, 0.2) is 47.5 Å². The largest absolute Gasteiger partial charge is 0.494 e. The first kappa shape index (κ1) is 22.1. The fourth-order valence-electron chi connectivity index (χ4n) is 4.13. The Labute approximate surface area is 190 Å². The maximum atomic E-state index is 5.91. The minimum absolute atomic E-state index is 0.667. The predicted molar refractivity (Wildman–Crippen MR) is 129 cm³/mol. The van der Waals surface area contributed by atoms with Crippen molar-refractivity contribution in [3.8, 4) is 5.75 Å². The Morgan fingerprint density at radius 3 is 2.72 bits per heavy atom. The van der Waals surface area contributed by atoms with Gasteiger partial charge in [-0.2, -0.15) is 0 Å². The van der Waals surface area contributed by atoms with Gasteiger partial charge in [-0.25, -0.2) is 0 Å². The average molecular weight is 435 g/mol. The van der Waals surface area contributed by atoms with Crippen molar-refractivity contribution in [1.29, 1.82) is 0 Å². The van der Waals surface area contributed by atoms with Gasteiger partial charge in [-0.1, -0.05) is 36.8 Å². The van der Waals surface area contributed by atoms with Crippen molar-refractivity contribution in [3.63, 3.8) is 0 Å². The minimum atomic E-state index is 0.667. The molecule has 2 heterocycles. The summed E-state index contributed by atoms with van der Waals surface area (Å²) < 4.78 is 8.24. The molecule has 0 aliphatic carbocycles. The monoisotopic (exact) mass is 434 g/mol. The summed E-state index contributed by atoms with van der Waals surface area (Å²) in [6, 6.07) is 14.6. The fraction of sp³-hybridized carbons (Fsp3) is 0.480. The molecule has 0 fully saturated rings. The molecule has 0 atom stereocenters. The smallest absolute Gasteiger partial charge is 0.190 e. The van der Waals surface area contributed by atoms with E-state index in [9.17, 15) is 0 Å². The molecule has 0 radical (unpaired) electrons. The summed E-state index contributed by atoms with van der Waals surface area (Å²) in [5.41, 5.74) is 0. The Bertz CT molecular complexity index is 1030. The van der Waals surface area contributed by atoms with Crippen molar-refractivity contribution >= 4 is 16.7 Å². The van der Waals surface area contributed by atoms with E-state index >= 15 is 0 Å². The van der Waals surface area contributed by atoms with Gasteiger partial charge in [0.15, 0.2) is 5.96 Å². The zero-order chi connectivity index (χ0) is 22.0. The summed E-state index contributed by atoms with van der Waals surface area (Å²) in [7, 11) is 1.80. The van der Waals surface area contributed by atoms with Crippen LogP contribution in [0, 0.1) is 0 Å². The highest BCUT2D eigenvalue weighted by Crippen LogP contribution is 2.20. The van der Waals surface area contributed by atoms with Crippen molar-refractivity contribution in [3.05, 3.63) is 54.1 Å². The van der Waals surface area contributed by atoms with Crippen LogP contribution in [-0.2, 0) is 19.4 Å². The molecular formula is C25H34N6O. The lowest BCUT2D eigenvalue weighted by Crippen LogP contribution is -2.38. The van der Waals surface area contributed by atoms with Crippen LogP contribution in [0.3, 0.4) is 0 Å². The summed E-state index contributed by atoms with van der Waals surface area (Å²) >= 11 is 0. The fourth-order valence-corrected chi connectivity index (χ4v) is 4.13. The maximum absolute atomic E-state index is 5.91. The highest BCUT2D eigenvalue weighted by atomic mass is 16.5. The van der Waals surface area contributed by atoms with E-state index in [0.29, 0.717) is 6.61 Å². The molecule has 32 heavy (non-hydrogen) atoms. The Balaban J connectivity index is 1.11. The van der Waals surface area contributed by atoms with Crippen LogP contribution in [0.5, 0.6) is 5.75 Å². The molecule has 2 aromatic carbocycles. The maximum Gasteiger partial charge on any atom is 0.190 e. The van der Waals surface area contributed by atoms with E-state index in [-0.39, 0.29) is 0 Å². The number of ether oxygens (including phenoxy) is 1. The number of aromatic nitrogens is 3. The van der Waals surface area contributed by atoms with Gasteiger partial charge in [0.25, 0.3) is 0 Å². The van der Waals surface area contributed by atoms with Crippen molar-refractivity contribution < 1.29 is 4.74 Å². The molecule has 0 spiro atoms. The second kappa shape index (κ2) is 11.5. The number of benzene rings is 2. The van der Waals surface area contributed by atoms with Crippen molar-refractivity contribution in [2.45, 2.75) is 51.5 Å². The van der Waals surface area contributed by atoms with Gasteiger partial charge < -0.3 is 19.9 Å². The molecule has 3 aromatic rings. The molecule has 1 aromatic heterocycles. The van der Waals surface area contributed by atoms with E-state index in [4.69, 9.17) is 4.74 Å². The standard InChI is InChI=1S/C25H34N6O/c1-26-25(27-15-7-12-24-30-29-23-11-3-2-6-17-31(23)24)28-16-8-18-32-22-14-13-20-9-4-5-10-21(20)19-22/h4-5,9-10,13-14,19H,2-3,6-8,11-12,15-18H2,1H3,(H2,26,27,28). The van der Waals surface area contributed by atoms with E-state index in [2.05, 4.69) is 66.8 Å². The molecule has 4 rings (SSSR count). The van der Waals surface area contributed by atoms with Gasteiger partial charge in [0.2, 0.25) is 0 Å². The summed E-state index contributed by atoms with van der Waals surface area (Å²) in [5, 5.41) is 18.0. The highest BCUT2D eigenvalue weighted by Gasteiger charge is 2.14. The van der Waals surface area contributed by atoms with E-state index in [1.165, 1.54) is 30.0 Å². The molecular weight excluding hydrogens is 400 g/mol. The molecule has 0 saturated carbocycles. The van der Waals surface area contributed by atoms with Crippen molar-refractivity contribution in [2.75, 3.05) is 26.7 Å². The molecule has 0 saturated heterocycles. The van der Waals surface area contributed by atoms with Crippen molar-refractivity contribution in [1.82, 2.24) is 25.4 Å². The van der Waals surface area contributed by atoms with Crippen molar-refractivity contribution in [2.24, 2.45) is 4.99 Å². The molecule has 1 aliphatic heterocycles. The second-order valence-electron chi connectivity index (χ2n) is 8.24. The third-order valence-corrected chi connectivity index (χ3v) is 5.88. The van der Waals surface area contributed by atoms with E-state index in [0.717, 1.165) is 68.7 Å². The van der Waals surface area contributed by atoms with Crippen LogP contribution < -0.4 is 15.4 Å². The molecule has 0 amide bonds. The first-order valence-corrected chi connectivity index (χ1v) is 11.8. The topological polar surface area (TPSA) is 76.4 Å². The Morgan fingerprint density at radius 2 is 1.84 bits per heavy atom. The number of aryl methyl sites for hydroxylation is 2. The SMILES string of the molecule is CN=C(NCCCOc1ccc2ccccc2c1)NCCCc1nnc2n1CCCCC2. The van der Waals surface area contributed by atoms with Crippen LogP contribution in [-0.4, -0.2) is 47.5 Å². The number of nitrogens with zero attached hydrogens (tertiary/aromatic N) is 4. The molecule has 0 unspecified atom stereocenters. The first-order chi connectivity index (χ1) is 15.8. The van der Waals surface area contributed by atoms with E-state index in [1.807, 2.05) is 6.07 Å². The lowest BCUT2D eigenvalue weighted by Gasteiger charge is -2.12. The number of hydrogen-bond acceptors (Lipinski definition) is 4. The van der Waals surface area contributed by atoms with Crippen LogP contribution in [0.25, 0.3) is 10.8 Å². The molecule has 1 aliphatic rings. The summed E-state index contributed by atoms with van der Waals surface area (Å²) in [4.78, 5) is 4.32. The number of hydrogen-bond donors (Lipinski definition) is 2. The van der Waals surface area contributed by atoms with Crippen LogP contribution >= 0.6 is 0 Å². The van der Waals surface area contributed by atoms with Gasteiger partial charge in [0.1, 0.15) is 17.4 Å². The Morgan fingerprint density at radius 1 is 1.00 bits per heavy atom. The van der Waals surface area contributed by atoms with Gasteiger partial charge in [0, 0.05) is 39.5 Å². The zero-order valence-corrected chi connectivity index (χ0v) is 19.0. The normalized spacial score (nSPS) is 14.1. The second-order valence-corrected chi connectivity index (χ2v) is 8.24. The number of aliphatic imine (C=N–C) groups is 1. The average Bonchev–Trinajstić information content (AvgIpc) is 3.05. The molecule has 7 nitrogen and oxygen atoms in total. The number of fused-ring (bicyclic) bond motifs is 2. The number of rotatable bonds is 9. The van der Waals surface area contributed by atoms with Crippen LogP contribution in [0.4, 0.5) is 0 Å². The minimum Gasteiger partial charge on any atom is -0.494 e. The first-order valence-electron chi connectivity index (χ1n) is 11.8. The summed E-state index contributed by atoms with van der Waals surface area (Å²) in [6.07, 6.45) is 7.67. The van der Waals surface area contributed by atoms with Gasteiger partial charge in [0.05, 0.1) is 6.61 Å². The lowest BCUT2D eigenvalue weighted by molar-refractivity contribution is 0.311. The lowest BCUT2D eigenvalue weighted by atomic mass is 10.1. The molecule has 170 valence electrons. The van der Waals surface area contributed by atoms with Gasteiger partial charge in [-0.05, 0) is 48.6 Å². The van der Waals surface area contributed by atoms with E-state index in [1.54, 1.807) is 7.05 Å². The Kier molecular flexibility index (Phi) is 7.95. The highest BCUT2D eigenvalue weighted by molar-refractivity contribution is 5.83. The van der Waals surface area contributed by atoms with Gasteiger partial charge in [-0.3, -0.25) is 4.99 Å². The molecule has 2 N–H and O–H groups in total. The number of nitrogens with one attached hydrogen (secondary N) is 2. The third kappa shape index (κ3) is 5.99. The predicted octanol–water partition coefficient (Wildman–Crippen LogP) is 3.72. The number of guanidine groups is 1. The van der Waals surface area contributed by atoms with Gasteiger partial charge >= 0.3 is 0 Å². The van der Waals surface area contributed by atoms with Crippen LogP contribution in [0.2, 0.25) is 0 Å². The van der Waals surface area contributed by atoms with E-state index < -0.39 is 0 Å². The zero-order valence-electron chi connectivity index (χ0n) is 19.0. The summed E-state index contributed by atoms with van der Waals surface area (Å²) in [5.74, 6) is 4.03. The summed E-state index contributed by atoms with van der Waals surface area (Å²) in [6.45, 7) is 3.40. The third-order valence-electron chi connectivity index (χ3n) is 5.88. The molecule has 0 bridgehead atoms. The van der Waals surface area contributed by atoms with Gasteiger partial charge in [-0.15, -0.1) is 10.2 Å².